The zero-order valence-corrected chi connectivity index (χ0v) is 8.74. The number of ether oxygens (including phenoxy) is 1. The zero-order chi connectivity index (χ0) is 10.6. The Balaban J connectivity index is 2.86. The number of nitrogens with two attached hydrogens (primary N) is 1. The standard InChI is InChI=1S/C9H16N4O/c1-6(4-10)13-8-7(2)9(14-3)12-5-11-8/h5-6H,4,10H2,1-3H3,(H,11,12,13). The van der Waals surface area contributed by atoms with E-state index in [-0.39, 0.29) is 6.04 Å². The summed E-state index contributed by atoms with van der Waals surface area (Å²) in [4.78, 5) is 8.10. The Labute approximate surface area is 83.7 Å². The van der Waals surface area contributed by atoms with Crippen molar-refractivity contribution in [1.29, 1.82) is 0 Å². The number of hydrogen-bond acceptors (Lipinski definition) is 5. The SMILES string of the molecule is COc1ncnc(NC(C)CN)c1C. The molecule has 1 heterocycles. The molecule has 1 unspecified atom stereocenters. The number of anilines is 1. The largest absolute Gasteiger partial charge is 0.481 e. The van der Waals surface area contributed by atoms with Gasteiger partial charge in [-0.15, -0.1) is 0 Å². The van der Waals surface area contributed by atoms with Gasteiger partial charge in [0.05, 0.1) is 12.7 Å². The first-order valence-corrected chi connectivity index (χ1v) is 4.51. The monoisotopic (exact) mass is 196 g/mol. The summed E-state index contributed by atoms with van der Waals surface area (Å²) in [6.07, 6.45) is 1.47. The second-order valence-corrected chi connectivity index (χ2v) is 3.14. The molecular weight excluding hydrogens is 180 g/mol. The number of nitrogens with zero attached hydrogens (tertiary/aromatic N) is 2. The quantitative estimate of drug-likeness (QED) is 0.735. The van der Waals surface area contributed by atoms with Crippen molar-refractivity contribution in [2.45, 2.75) is 19.9 Å². The van der Waals surface area contributed by atoms with Gasteiger partial charge in [0.1, 0.15) is 12.1 Å². The lowest BCUT2D eigenvalue weighted by atomic mass is 10.3. The number of methoxy groups -OCH3 is 1. The number of rotatable bonds is 4. The highest BCUT2D eigenvalue weighted by Crippen LogP contribution is 2.19. The van der Waals surface area contributed by atoms with Crippen LogP contribution in [0.15, 0.2) is 6.33 Å². The van der Waals surface area contributed by atoms with Gasteiger partial charge < -0.3 is 15.8 Å². The maximum absolute atomic E-state index is 5.50. The Morgan fingerprint density at radius 2 is 2.29 bits per heavy atom. The molecule has 0 spiro atoms. The highest BCUT2D eigenvalue weighted by molar-refractivity contribution is 5.48. The molecule has 78 valence electrons. The number of aromatic nitrogens is 2. The van der Waals surface area contributed by atoms with Gasteiger partial charge in [-0.3, -0.25) is 0 Å². The molecule has 1 rings (SSSR count). The van der Waals surface area contributed by atoms with Crippen molar-refractivity contribution >= 4 is 5.82 Å². The molecule has 0 saturated carbocycles. The molecule has 0 aliphatic heterocycles. The number of hydrogen-bond donors (Lipinski definition) is 2. The molecule has 3 N–H and O–H groups in total. The average molecular weight is 196 g/mol. The van der Waals surface area contributed by atoms with Crippen molar-refractivity contribution in [3.8, 4) is 5.88 Å². The summed E-state index contributed by atoms with van der Waals surface area (Å²) in [6.45, 7) is 4.46. The summed E-state index contributed by atoms with van der Waals surface area (Å²) in [5, 5.41) is 3.18. The van der Waals surface area contributed by atoms with E-state index in [1.807, 2.05) is 13.8 Å². The van der Waals surface area contributed by atoms with Gasteiger partial charge in [0.2, 0.25) is 5.88 Å². The lowest BCUT2D eigenvalue weighted by Crippen LogP contribution is -2.26. The zero-order valence-electron chi connectivity index (χ0n) is 8.74. The highest BCUT2D eigenvalue weighted by atomic mass is 16.5. The molecule has 0 radical (unpaired) electrons. The Hall–Kier alpha value is -1.36. The third-order valence-corrected chi connectivity index (χ3v) is 1.97. The van der Waals surface area contributed by atoms with Gasteiger partial charge in [0.15, 0.2) is 0 Å². The second kappa shape index (κ2) is 4.76. The van der Waals surface area contributed by atoms with E-state index in [1.54, 1.807) is 7.11 Å². The van der Waals surface area contributed by atoms with Crippen LogP contribution in [0.4, 0.5) is 5.82 Å². The Morgan fingerprint density at radius 1 is 1.57 bits per heavy atom. The lowest BCUT2D eigenvalue weighted by molar-refractivity contribution is 0.393. The minimum Gasteiger partial charge on any atom is -0.481 e. The molecular formula is C9H16N4O. The van der Waals surface area contributed by atoms with E-state index in [2.05, 4.69) is 15.3 Å². The van der Waals surface area contributed by atoms with Gasteiger partial charge in [0, 0.05) is 12.6 Å². The first kappa shape index (κ1) is 10.7. The van der Waals surface area contributed by atoms with E-state index in [0.29, 0.717) is 12.4 Å². The summed E-state index contributed by atoms with van der Waals surface area (Å²) >= 11 is 0. The molecule has 5 nitrogen and oxygen atoms in total. The third kappa shape index (κ3) is 2.32. The molecule has 0 saturated heterocycles. The lowest BCUT2D eigenvalue weighted by Gasteiger charge is -2.14. The van der Waals surface area contributed by atoms with Gasteiger partial charge in [-0.1, -0.05) is 0 Å². The minimum atomic E-state index is 0.188. The molecule has 0 aliphatic carbocycles. The Kier molecular flexibility index (Phi) is 3.64. The van der Waals surface area contributed by atoms with Crippen LogP contribution in [0.25, 0.3) is 0 Å². The van der Waals surface area contributed by atoms with Crippen LogP contribution in [0.5, 0.6) is 5.88 Å². The molecule has 0 aromatic carbocycles. The Morgan fingerprint density at radius 3 is 2.86 bits per heavy atom. The van der Waals surface area contributed by atoms with Gasteiger partial charge in [-0.05, 0) is 13.8 Å². The maximum Gasteiger partial charge on any atom is 0.221 e. The average Bonchev–Trinajstić information content (AvgIpc) is 2.21. The molecule has 0 aliphatic rings. The van der Waals surface area contributed by atoms with Crippen molar-refractivity contribution in [2.75, 3.05) is 19.0 Å². The van der Waals surface area contributed by atoms with E-state index in [0.717, 1.165) is 11.4 Å². The predicted molar refractivity (Wildman–Crippen MR) is 55.5 cm³/mol. The normalized spacial score (nSPS) is 12.3. The van der Waals surface area contributed by atoms with Crippen LogP contribution in [-0.2, 0) is 0 Å². The second-order valence-electron chi connectivity index (χ2n) is 3.14. The van der Waals surface area contributed by atoms with Crippen molar-refractivity contribution in [2.24, 2.45) is 5.73 Å². The minimum absolute atomic E-state index is 0.188. The summed E-state index contributed by atoms with van der Waals surface area (Å²) in [7, 11) is 1.59. The van der Waals surface area contributed by atoms with Crippen LogP contribution < -0.4 is 15.8 Å². The maximum atomic E-state index is 5.50. The van der Waals surface area contributed by atoms with Crippen LogP contribution in [-0.4, -0.2) is 29.7 Å². The molecule has 0 amide bonds. The van der Waals surface area contributed by atoms with E-state index in [1.165, 1.54) is 6.33 Å². The Bertz CT molecular complexity index is 303. The van der Waals surface area contributed by atoms with Crippen LogP contribution in [0.3, 0.4) is 0 Å². The fraction of sp³-hybridized carbons (Fsp3) is 0.556. The predicted octanol–water partition coefficient (Wildman–Crippen LogP) is 0.553. The van der Waals surface area contributed by atoms with Crippen LogP contribution in [0.2, 0.25) is 0 Å². The first-order valence-electron chi connectivity index (χ1n) is 4.51. The third-order valence-electron chi connectivity index (χ3n) is 1.97. The summed E-state index contributed by atoms with van der Waals surface area (Å²) in [6, 6.07) is 0.188. The fourth-order valence-corrected chi connectivity index (χ4v) is 1.08. The first-order chi connectivity index (χ1) is 6.69. The van der Waals surface area contributed by atoms with Crippen molar-refractivity contribution in [3.63, 3.8) is 0 Å². The molecule has 5 heteroatoms. The summed E-state index contributed by atoms with van der Waals surface area (Å²) in [5.41, 5.74) is 6.40. The van der Waals surface area contributed by atoms with Crippen LogP contribution in [0, 0.1) is 6.92 Å². The summed E-state index contributed by atoms with van der Waals surface area (Å²) < 4.78 is 5.08. The smallest absolute Gasteiger partial charge is 0.221 e. The fourth-order valence-electron chi connectivity index (χ4n) is 1.08. The summed E-state index contributed by atoms with van der Waals surface area (Å²) in [5.74, 6) is 1.36. The molecule has 0 bridgehead atoms. The molecule has 1 atom stereocenters. The molecule has 14 heavy (non-hydrogen) atoms. The van der Waals surface area contributed by atoms with Gasteiger partial charge in [-0.2, -0.15) is 0 Å². The van der Waals surface area contributed by atoms with E-state index in [4.69, 9.17) is 10.5 Å². The van der Waals surface area contributed by atoms with Crippen LogP contribution in [0.1, 0.15) is 12.5 Å². The topological polar surface area (TPSA) is 73.1 Å². The van der Waals surface area contributed by atoms with Gasteiger partial charge >= 0.3 is 0 Å². The van der Waals surface area contributed by atoms with Crippen molar-refractivity contribution in [3.05, 3.63) is 11.9 Å². The molecule has 1 aromatic rings. The van der Waals surface area contributed by atoms with Gasteiger partial charge in [0.25, 0.3) is 0 Å². The van der Waals surface area contributed by atoms with Gasteiger partial charge in [-0.25, -0.2) is 9.97 Å². The molecule has 1 aromatic heterocycles. The van der Waals surface area contributed by atoms with Crippen molar-refractivity contribution < 1.29 is 4.74 Å². The molecule has 0 fully saturated rings. The van der Waals surface area contributed by atoms with Crippen LogP contribution >= 0.6 is 0 Å². The van der Waals surface area contributed by atoms with E-state index >= 15 is 0 Å². The number of nitrogens with one attached hydrogen (secondary N) is 1. The van der Waals surface area contributed by atoms with E-state index in [9.17, 15) is 0 Å². The highest BCUT2D eigenvalue weighted by Gasteiger charge is 2.08. The van der Waals surface area contributed by atoms with E-state index < -0.39 is 0 Å². The van der Waals surface area contributed by atoms with Crippen molar-refractivity contribution in [1.82, 2.24) is 9.97 Å².